The molecule has 2 atom stereocenters. The van der Waals surface area contributed by atoms with Crippen LogP contribution in [0.5, 0.6) is 5.75 Å². The number of nitrogens with one attached hydrogen (secondary N) is 1. The molecule has 1 aromatic carbocycles. The molecule has 1 aromatic rings. The Kier molecular flexibility index (Phi) is 6.49. The highest BCUT2D eigenvalue weighted by molar-refractivity contribution is 5.85. The Hall–Kier alpha value is -1.47. The summed E-state index contributed by atoms with van der Waals surface area (Å²) in [6.45, 7) is 0.275. The van der Waals surface area contributed by atoms with Crippen LogP contribution >= 0.6 is 12.4 Å². The number of rotatable bonds is 4. The quantitative estimate of drug-likeness (QED) is 0.887. The highest BCUT2D eigenvalue weighted by atomic mass is 35.5. The lowest BCUT2D eigenvalue weighted by molar-refractivity contribution is -0.274. The molecule has 8 heteroatoms. The predicted octanol–water partition coefficient (Wildman–Crippen LogP) is 2.75. The largest absolute Gasteiger partial charge is 0.573 e. The van der Waals surface area contributed by atoms with Crippen molar-refractivity contribution in [3.05, 3.63) is 29.8 Å². The van der Waals surface area contributed by atoms with Gasteiger partial charge in [0.25, 0.3) is 0 Å². The van der Waals surface area contributed by atoms with Crippen molar-refractivity contribution in [2.45, 2.75) is 38.2 Å². The van der Waals surface area contributed by atoms with Gasteiger partial charge in [-0.1, -0.05) is 12.1 Å². The van der Waals surface area contributed by atoms with Crippen molar-refractivity contribution in [3.8, 4) is 5.75 Å². The van der Waals surface area contributed by atoms with Gasteiger partial charge < -0.3 is 15.8 Å². The summed E-state index contributed by atoms with van der Waals surface area (Å²) in [7, 11) is 0. The Morgan fingerprint density at radius 2 is 1.91 bits per heavy atom. The third-order valence-corrected chi connectivity index (χ3v) is 3.47. The van der Waals surface area contributed by atoms with Crippen molar-refractivity contribution < 1.29 is 22.7 Å². The van der Waals surface area contributed by atoms with Gasteiger partial charge in [-0.05, 0) is 37.0 Å². The van der Waals surface area contributed by atoms with Crippen LogP contribution in [-0.2, 0) is 11.3 Å². The zero-order valence-electron chi connectivity index (χ0n) is 11.7. The van der Waals surface area contributed by atoms with Crippen LogP contribution in [0.4, 0.5) is 13.2 Å². The van der Waals surface area contributed by atoms with Gasteiger partial charge >= 0.3 is 6.36 Å². The minimum atomic E-state index is -4.70. The molecule has 0 aliphatic heterocycles. The molecule has 0 saturated heterocycles. The van der Waals surface area contributed by atoms with Crippen LogP contribution in [0.3, 0.4) is 0 Å². The summed E-state index contributed by atoms with van der Waals surface area (Å²) in [6, 6.07) is 5.50. The number of amides is 1. The van der Waals surface area contributed by atoms with Gasteiger partial charge in [-0.15, -0.1) is 25.6 Å². The minimum Gasteiger partial charge on any atom is -0.406 e. The van der Waals surface area contributed by atoms with Gasteiger partial charge in [0, 0.05) is 18.5 Å². The van der Waals surface area contributed by atoms with Crippen molar-refractivity contribution in [2.75, 3.05) is 0 Å². The third kappa shape index (κ3) is 5.73. The number of ether oxygens (including phenoxy) is 1. The molecule has 3 N–H and O–H groups in total. The van der Waals surface area contributed by atoms with Crippen molar-refractivity contribution in [3.63, 3.8) is 0 Å². The molecule has 1 fully saturated rings. The fourth-order valence-electron chi connectivity index (χ4n) is 2.40. The van der Waals surface area contributed by atoms with Gasteiger partial charge in [0.1, 0.15) is 5.75 Å². The highest BCUT2D eigenvalue weighted by Crippen LogP contribution is 2.25. The Balaban J connectivity index is 0.00000242. The molecule has 0 spiro atoms. The number of benzene rings is 1. The molecule has 0 radical (unpaired) electrons. The SMILES string of the molecule is Cl.NC1CCC(C(=O)NCc2ccc(OC(F)(F)F)cc2)C1. The predicted molar refractivity (Wildman–Crippen MR) is 77.5 cm³/mol. The van der Waals surface area contributed by atoms with E-state index in [9.17, 15) is 18.0 Å². The molecular weight excluding hydrogens is 321 g/mol. The fraction of sp³-hybridized carbons (Fsp3) is 0.500. The number of halogens is 4. The van der Waals surface area contributed by atoms with Crippen molar-refractivity contribution in [2.24, 2.45) is 11.7 Å². The normalized spacial score (nSPS) is 21.1. The molecular formula is C14H18ClF3N2O2. The smallest absolute Gasteiger partial charge is 0.406 e. The lowest BCUT2D eigenvalue weighted by Gasteiger charge is -2.12. The van der Waals surface area contributed by atoms with Crippen LogP contribution in [0.25, 0.3) is 0 Å². The van der Waals surface area contributed by atoms with Crippen molar-refractivity contribution >= 4 is 18.3 Å². The average molecular weight is 339 g/mol. The Bertz CT molecular complexity index is 494. The zero-order chi connectivity index (χ0) is 15.5. The van der Waals surface area contributed by atoms with Gasteiger partial charge in [-0.3, -0.25) is 4.79 Å². The number of carbonyl (C=O) groups is 1. The van der Waals surface area contributed by atoms with Gasteiger partial charge in [0.05, 0.1) is 0 Å². The molecule has 2 unspecified atom stereocenters. The monoisotopic (exact) mass is 338 g/mol. The van der Waals surface area contributed by atoms with E-state index in [0.717, 1.165) is 12.8 Å². The zero-order valence-corrected chi connectivity index (χ0v) is 12.5. The van der Waals surface area contributed by atoms with Crippen LogP contribution in [0.2, 0.25) is 0 Å². The maximum absolute atomic E-state index is 12.0. The van der Waals surface area contributed by atoms with Gasteiger partial charge in [-0.25, -0.2) is 0 Å². The maximum atomic E-state index is 12.0. The molecule has 22 heavy (non-hydrogen) atoms. The molecule has 1 aliphatic rings. The van der Waals surface area contributed by atoms with E-state index in [1.165, 1.54) is 24.3 Å². The Labute approximate surface area is 132 Å². The number of hydrogen-bond acceptors (Lipinski definition) is 3. The first-order valence-corrected chi connectivity index (χ1v) is 6.71. The first-order chi connectivity index (χ1) is 9.83. The molecule has 2 rings (SSSR count). The highest BCUT2D eigenvalue weighted by Gasteiger charge is 2.31. The second-order valence-corrected chi connectivity index (χ2v) is 5.18. The molecule has 0 bridgehead atoms. The Morgan fingerprint density at radius 3 is 2.41 bits per heavy atom. The third-order valence-electron chi connectivity index (χ3n) is 3.47. The average Bonchev–Trinajstić information content (AvgIpc) is 2.82. The van der Waals surface area contributed by atoms with E-state index in [1.807, 2.05) is 0 Å². The summed E-state index contributed by atoms with van der Waals surface area (Å²) >= 11 is 0. The molecule has 4 nitrogen and oxygen atoms in total. The van der Waals surface area contributed by atoms with Gasteiger partial charge in [0.15, 0.2) is 0 Å². The Morgan fingerprint density at radius 1 is 1.27 bits per heavy atom. The number of carbonyl (C=O) groups excluding carboxylic acids is 1. The second-order valence-electron chi connectivity index (χ2n) is 5.18. The first-order valence-electron chi connectivity index (χ1n) is 6.71. The number of alkyl halides is 3. The lowest BCUT2D eigenvalue weighted by Crippen LogP contribution is -2.30. The van der Waals surface area contributed by atoms with Crippen LogP contribution in [0.15, 0.2) is 24.3 Å². The van der Waals surface area contributed by atoms with E-state index in [1.54, 1.807) is 0 Å². The summed E-state index contributed by atoms with van der Waals surface area (Å²) in [6.07, 6.45) is -2.38. The summed E-state index contributed by atoms with van der Waals surface area (Å²) < 4.78 is 39.8. The van der Waals surface area contributed by atoms with Crippen LogP contribution < -0.4 is 15.8 Å². The number of nitrogens with two attached hydrogens (primary N) is 1. The van der Waals surface area contributed by atoms with Crippen molar-refractivity contribution in [1.82, 2.24) is 5.32 Å². The molecule has 1 amide bonds. The molecule has 1 saturated carbocycles. The summed E-state index contributed by atoms with van der Waals surface area (Å²) in [4.78, 5) is 11.9. The van der Waals surface area contributed by atoms with E-state index in [2.05, 4.69) is 10.1 Å². The van der Waals surface area contributed by atoms with Crippen LogP contribution in [0.1, 0.15) is 24.8 Å². The fourth-order valence-corrected chi connectivity index (χ4v) is 2.40. The van der Waals surface area contributed by atoms with Gasteiger partial charge in [0.2, 0.25) is 5.91 Å². The molecule has 124 valence electrons. The van der Waals surface area contributed by atoms with Crippen LogP contribution in [0, 0.1) is 5.92 Å². The first kappa shape index (κ1) is 18.6. The molecule has 0 heterocycles. The van der Waals surface area contributed by atoms with E-state index in [-0.39, 0.29) is 42.6 Å². The molecule has 0 aromatic heterocycles. The standard InChI is InChI=1S/C14H17F3N2O2.ClH/c15-14(16,17)21-12-5-1-9(2-6-12)8-19-13(20)10-3-4-11(18)7-10;/h1-2,5-6,10-11H,3-4,7-8,18H2,(H,19,20);1H. The van der Waals surface area contributed by atoms with E-state index < -0.39 is 6.36 Å². The maximum Gasteiger partial charge on any atom is 0.573 e. The lowest BCUT2D eigenvalue weighted by atomic mass is 10.1. The molecule has 1 aliphatic carbocycles. The van der Waals surface area contributed by atoms with Crippen LogP contribution in [-0.4, -0.2) is 18.3 Å². The topological polar surface area (TPSA) is 64.4 Å². The summed E-state index contributed by atoms with van der Waals surface area (Å²) in [5.41, 5.74) is 6.46. The van der Waals surface area contributed by atoms with E-state index >= 15 is 0 Å². The second kappa shape index (κ2) is 7.69. The summed E-state index contributed by atoms with van der Waals surface area (Å²) in [5.74, 6) is -0.397. The van der Waals surface area contributed by atoms with E-state index in [4.69, 9.17) is 5.73 Å². The van der Waals surface area contributed by atoms with Gasteiger partial charge in [-0.2, -0.15) is 0 Å². The summed E-state index contributed by atoms with van der Waals surface area (Å²) in [5, 5.41) is 2.77. The minimum absolute atomic E-state index is 0. The number of hydrogen-bond donors (Lipinski definition) is 2. The van der Waals surface area contributed by atoms with Crippen molar-refractivity contribution in [1.29, 1.82) is 0 Å². The van der Waals surface area contributed by atoms with E-state index in [0.29, 0.717) is 12.0 Å².